The van der Waals surface area contributed by atoms with E-state index >= 15 is 0 Å². The van der Waals surface area contributed by atoms with Crippen LogP contribution in [0.5, 0.6) is 0 Å². The molecule has 0 heterocycles. The van der Waals surface area contributed by atoms with Gasteiger partial charge in [-0.2, -0.15) is 0 Å². The van der Waals surface area contributed by atoms with Gasteiger partial charge in [0.15, 0.2) is 0 Å². The minimum atomic E-state index is -0.885. The molecule has 5 nitrogen and oxygen atoms in total. The lowest BCUT2D eigenvalue weighted by Crippen LogP contribution is -2.52. The van der Waals surface area contributed by atoms with Crippen LogP contribution < -0.4 is 5.32 Å². The maximum atomic E-state index is 12.1. The Bertz CT molecular complexity index is 517. The summed E-state index contributed by atoms with van der Waals surface area (Å²) in [6, 6.07) is 9.42. The lowest BCUT2D eigenvalue weighted by molar-refractivity contribution is -0.139. The number of aliphatic carboxylic acids is 1. The SMILES string of the molecule is CCC1CCCC1(CC(=O)O)NC(=O)OCc1ccccc1. The molecule has 1 fully saturated rings. The molecule has 0 bridgehead atoms. The molecule has 1 aliphatic carbocycles. The van der Waals surface area contributed by atoms with Gasteiger partial charge in [0.25, 0.3) is 0 Å². The summed E-state index contributed by atoms with van der Waals surface area (Å²) in [5.74, 6) is -0.698. The molecule has 0 spiro atoms. The zero-order chi connectivity index (χ0) is 16.0. The Hall–Kier alpha value is -2.04. The van der Waals surface area contributed by atoms with E-state index in [1.165, 1.54) is 0 Å². The highest BCUT2D eigenvalue weighted by atomic mass is 16.5. The van der Waals surface area contributed by atoms with Crippen LogP contribution in [0.25, 0.3) is 0 Å². The van der Waals surface area contributed by atoms with Gasteiger partial charge in [-0.3, -0.25) is 4.79 Å². The van der Waals surface area contributed by atoms with E-state index in [-0.39, 0.29) is 18.9 Å². The molecule has 2 rings (SSSR count). The van der Waals surface area contributed by atoms with Gasteiger partial charge in [0.2, 0.25) is 0 Å². The molecule has 1 aliphatic rings. The first-order valence-corrected chi connectivity index (χ1v) is 7.76. The second kappa shape index (κ2) is 7.29. The zero-order valence-corrected chi connectivity index (χ0v) is 12.9. The molecule has 1 aromatic carbocycles. The van der Waals surface area contributed by atoms with E-state index in [0.29, 0.717) is 6.42 Å². The molecular weight excluding hydrogens is 282 g/mol. The first-order chi connectivity index (χ1) is 10.6. The number of carbonyl (C=O) groups excluding carboxylic acids is 1. The molecule has 2 N–H and O–H groups in total. The minimum absolute atomic E-state index is 0.0497. The van der Waals surface area contributed by atoms with Crippen molar-refractivity contribution in [1.82, 2.24) is 5.32 Å². The van der Waals surface area contributed by atoms with Gasteiger partial charge >= 0.3 is 12.1 Å². The van der Waals surface area contributed by atoms with Crippen molar-refractivity contribution in [1.29, 1.82) is 0 Å². The third-order valence-corrected chi connectivity index (χ3v) is 4.48. The Morgan fingerprint density at radius 1 is 1.36 bits per heavy atom. The van der Waals surface area contributed by atoms with Crippen LogP contribution in [0.2, 0.25) is 0 Å². The third kappa shape index (κ3) is 4.00. The van der Waals surface area contributed by atoms with Gasteiger partial charge < -0.3 is 15.2 Å². The average Bonchev–Trinajstić information content (AvgIpc) is 2.87. The normalized spacial score (nSPS) is 24.0. The number of hydrogen-bond donors (Lipinski definition) is 2. The van der Waals surface area contributed by atoms with Crippen LogP contribution in [0, 0.1) is 5.92 Å². The van der Waals surface area contributed by atoms with E-state index < -0.39 is 17.6 Å². The van der Waals surface area contributed by atoms with E-state index in [9.17, 15) is 14.7 Å². The number of rotatable bonds is 6. The first-order valence-electron chi connectivity index (χ1n) is 7.76. The number of ether oxygens (including phenoxy) is 1. The molecule has 1 amide bonds. The van der Waals surface area contributed by atoms with Gasteiger partial charge in [0.05, 0.1) is 12.0 Å². The smallest absolute Gasteiger partial charge is 0.407 e. The molecule has 22 heavy (non-hydrogen) atoms. The monoisotopic (exact) mass is 305 g/mol. The van der Waals surface area contributed by atoms with Crippen molar-refractivity contribution in [2.75, 3.05) is 0 Å². The molecule has 2 unspecified atom stereocenters. The van der Waals surface area contributed by atoms with E-state index in [4.69, 9.17) is 4.74 Å². The van der Waals surface area contributed by atoms with Gasteiger partial charge in [-0.1, -0.05) is 50.1 Å². The summed E-state index contributed by atoms with van der Waals surface area (Å²) in [6.07, 6.45) is 2.84. The quantitative estimate of drug-likeness (QED) is 0.845. The highest BCUT2D eigenvalue weighted by Gasteiger charge is 2.45. The predicted molar refractivity (Wildman–Crippen MR) is 82.4 cm³/mol. The van der Waals surface area contributed by atoms with Gasteiger partial charge in [-0.15, -0.1) is 0 Å². The summed E-state index contributed by atoms with van der Waals surface area (Å²) in [5, 5.41) is 12.0. The van der Waals surface area contributed by atoms with Crippen molar-refractivity contribution < 1.29 is 19.4 Å². The fraction of sp³-hybridized carbons (Fsp3) is 0.529. The molecule has 0 aromatic heterocycles. The number of amides is 1. The summed E-state index contributed by atoms with van der Waals surface area (Å²) in [7, 11) is 0. The second-order valence-corrected chi connectivity index (χ2v) is 5.91. The predicted octanol–water partition coefficient (Wildman–Crippen LogP) is 3.34. The summed E-state index contributed by atoms with van der Waals surface area (Å²) in [4.78, 5) is 23.3. The Labute approximate surface area is 130 Å². The highest BCUT2D eigenvalue weighted by Crippen LogP contribution is 2.40. The number of benzene rings is 1. The number of carboxylic acid groups (broad SMARTS) is 1. The largest absolute Gasteiger partial charge is 0.481 e. The van der Waals surface area contributed by atoms with Crippen LogP contribution in [0.15, 0.2) is 30.3 Å². The van der Waals surface area contributed by atoms with Crippen LogP contribution in [0.3, 0.4) is 0 Å². The minimum Gasteiger partial charge on any atom is -0.481 e. The summed E-state index contributed by atoms with van der Waals surface area (Å²) < 4.78 is 5.25. The molecule has 1 saturated carbocycles. The van der Waals surface area contributed by atoms with Crippen LogP contribution in [0.4, 0.5) is 4.79 Å². The third-order valence-electron chi connectivity index (χ3n) is 4.48. The maximum absolute atomic E-state index is 12.1. The van der Waals surface area contributed by atoms with Crippen molar-refractivity contribution in [2.24, 2.45) is 5.92 Å². The van der Waals surface area contributed by atoms with Crippen molar-refractivity contribution in [2.45, 2.75) is 51.2 Å². The van der Waals surface area contributed by atoms with Gasteiger partial charge in [-0.25, -0.2) is 4.79 Å². The first kappa shape index (κ1) is 16.3. The number of alkyl carbamates (subject to hydrolysis) is 1. The summed E-state index contributed by atoms with van der Waals surface area (Å²) >= 11 is 0. The molecule has 0 radical (unpaired) electrons. The van der Waals surface area contributed by atoms with Crippen molar-refractivity contribution in [3.8, 4) is 0 Å². The van der Waals surface area contributed by atoms with Crippen molar-refractivity contribution in [3.05, 3.63) is 35.9 Å². The standard InChI is InChI=1S/C17H23NO4/c1-2-14-9-6-10-17(14,11-15(19)20)18-16(21)22-12-13-7-4-3-5-8-13/h3-5,7-8,14H,2,6,9-12H2,1H3,(H,18,21)(H,19,20). The van der Waals surface area contributed by atoms with Crippen LogP contribution in [-0.2, 0) is 16.1 Å². The fourth-order valence-electron chi connectivity index (χ4n) is 3.41. The molecule has 0 saturated heterocycles. The number of hydrogen-bond acceptors (Lipinski definition) is 3. The number of nitrogens with one attached hydrogen (secondary N) is 1. The van der Waals surface area contributed by atoms with E-state index in [0.717, 1.165) is 24.8 Å². The molecule has 120 valence electrons. The van der Waals surface area contributed by atoms with Crippen molar-refractivity contribution >= 4 is 12.1 Å². The number of carboxylic acids is 1. The molecule has 0 aliphatic heterocycles. The highest BCUT2D eigenvalue weighted by molar-refractivity contribution is 5.73. The van der Waals surface area contributed by atoms with E-state index in [2.05, 4.69) is 5.32 Å². The lowest BCUT2D eigenvalue weighted by atomic mass is 9.82. The Kier molecular flexibility index (Phi) is 5.41. The fourth-order valence-corrected chi connectivity index (χ4v) is 3.41. The molecular formula is C17H23NO4. The Morgan fingerprint density at radius 2 is 2.09 bits per heavy atom. The van der Waals surface area contributed by atoms with E-state index in [1.54, 1.807) is 0 Å². The molecule has 1 aromatic rings. The molecule has 5 heteroatoms. The maximum Gasteiger partial charge on any atom is 0.407 e. The Morgan fingerprint density at radius 3 is 2.73 bits per heavy atom. The molecule has 2 atom stereocenters. The van der Waals surface area contributed by atoms with Gasteiger partial charge in [0.1, 0.15) is 6.61 Å². The van der Waals surface area contributed by atoms with Crippen LogP contribution >= 0.6 is 0 Å². The van der Waals surface area contributed by atoms with Gasteiger partial charge in [-0.05, 0) is 24.3 Å². The summed E-state index contributed by atoms with van der Waals surface area (Å²) in [5.41, 5.74) is 0.234. The second-order valence-electron chi connectivity index (χ2n) is 5.91. The average molecular weight is 305 g/mol. The summed E-state index contributed by atoms with van der Waals surface area (Å²) in [6.45, 7) is 2.22. The zero-order valence-electron chi connectivity index (χ0n) is 12.9. The van der Waals surface area contributed by atoms with Crippen molar-refractivity contribution in [3.63, 3.8) is 0 Å². The van der Waals surface area contributed by atoms with E-state index in [1.807, 2.05) is 37.3 Å². The van der Waals surface area contributed by atoms with Crippen LogP contribution in [0.1, 0.15) is 44.6 Å². The topological polar surface area (TPSA) is 75.6 Å². The Balaban J connectivity index is 1.98. The van der Waals surface area contributed by atoms with Crippen LogP contribution in [-0.4, -0.2) is 22.7 Å². The van der Waals surface area contributed by atoms with Gasteiger partial charge in [0, 0.05) is 0 Å². The lowest BCUT2D eigenvalue weighted by Gasteiger charge is -2.34. The number of carbonyl (C=O) groups is 2.